The Balaban J connectivity index is 2.14. The molecule has 112 valence electrons. The molecule has 2 heterocycles. The van der Waals surface area contributed by atoms with Gasteiger partial charge in [0.1, 0.15) is 5.69 Å². The van der Waals surface area contributed by atoms with E-state index < -0.39 is 0 Å². The van der Waals surface area contributed by atoms with Crippen molar-refractivity contribution in [3.63, 3.8) is 0 Å². The molecule has 0 aliphatic heterocycles. The number of aromatic nitrogens is 2. The second kappa shape index (κ2) is 6.09. The van der Waals surface area contributed by atoms with Gasteiger partial charge >= 0.3 is 6.03 Å². The number of hydrogen-bond donors (Lipinski definition) is 2. The molecule has 0 unspecified atom stereocenters. The summed E-state index contributed by atoms with van der Waals surface area (Å²) in [6.45, 7) is 5.85. The first-order valence-corrected chi connectivity index (χ1v) is 7.37. The van der Waals surface area contributed by atoms with Crippen LogP contribution in [-0.4, -0.2) is 27.9 Å². The van der Waals surface area contributed by atoms with Crippen LogP contribution in [0.4, 0.5) is 10.5 Å². The van der Waals surface area contributed by atoms with E-state index in [4.69, 9.17) is 0 Å². The van der Waals surface area contributed by atoms with Crippen molar-refractivity contribution in [3.05, 3.63) is 44.3 Å². The van der Waals surface area contributed by atoms with Crippen molar-refractivity contribution < 1.29 is 4.79 Å². The number of hydrogen-bond acceptors (Lipinski definition) is 4. The number of carbonyl (C=O) groups excluding carboxylic acids is 1. The molecule has 0 bridgehead atoms. The zero-order chi connectivity index (χ0) is 15.6. The minimum atomic E-state index is -0.343. The molecule has 7 heteroatoms. The summed E-state index contributed by atoms with van der Waals surface area (Å²) in [7, 11) is 1.69. The molecule has 0 aliphatic carbocycles. The number of H-pyrrole nitrogens is 1. The highest BCUT2D eigenvalue weighted by Crippen LogP contribution is 2.26. The summed E-state index contributed by atoms with van der Waals surface area (Å²) >= 11 is 1.61. The second-order valence-corrected chi connectivity index (χ2v) is 6.21. The van der Waals surface area contributed by atoms with E-state index in [1.165, 1.54) is 11.1 Å². The van der Waals surface area contributed by atoms with E-state index in [2.05, 4.69) is 15.3 Å². The van der Waals surface area contributed by atoms with Crippen LogP contribution in [0.5, 0.6) is 0 Å². The first-order chi connectivity index (χ1) is 9.90. The average Bonchev–Trinajstić information content (AvgIpc) is 2.78. The molecule has 0 saturated carbocycles. The second-order valence-electron chi connectivity index (χ2n) is 4.80. The number of amides is 2. The number of nitrogens with one attached hydrogen (secondary N) is 2. The van der Waals surface area contributed by atoms with Crippen LogP contribution in [0.1, 0.15) is 28.5 Å². The Labute approximate surface area is 126 Å². The molecule has 0 fully saturated rings. The molecule has 2 N–H and O–H groups in total. The average molecular weight is 306 g/mol. The van der Waals surface area contributed by atoms with Crippen LogP contribution in [-0.2, 0) is 0 Å². The predicted octanol–water partition coefficient (Wildman–Crippen LogP) is 2.67. The highest BCUT2D eigenvalue weighted by Gasteiger charge is 2.22. The molecule has 0 spiro atoms. The quantitative estimate of drug-likeness (QED) is 0.915. The minimum Gasteiger partial charge on any atom is -0.327 e. The van der Waals surface area contributed by atoms with Crippen LogP contribution in [0, 0.1) is 13.8 Å². The van der Waals surface area contributed by atoms with Gasteiger partial charge in [0, 0.05) is 18.1 Å². The van der Waals surface area contributed by atoms with Gasteiger partial charge in [0.25, 0.3) is 5.56 Å². The molecule has 1 atom stereocenters. The van der Waals surface area contributed by atoms with E-state index >= 15 is 0 Å². The number of anilines is 1. The van der Waals surface area contributed by atoms with Gasteiger partial charge in [0.2, 0.25) is 0 Å². The summed E-state index contributed by atoms with van der Waals surface area (Å²) in [4.78, 5) is 33.4. The van der Waals surface area contributed by atoms with Crippen LogP contribution in [0.25, 0.3) is 0 Å². The number of thiazole rings is 1. The maximum Gasteiger partial charge on any atom is 0.322 e. The van der Waals surface area contributed by atoms with E-state index in [-0.39, 0.29) is 23.3 Å². The van der Waals surface area contributed by atoms with Gasteiger partial charge in [-0.25, -0.2) is 9.78 Å². The number of urea groups is 1. The van der Waals surface area contributed by atoms with Crippen LogP contribution < -0.4 is 10.9 Å². The van der Waals surface area contributed by atoms with Gasteiger partial charge in [-0.2, -0.15) is 0 Å². The van der Waals surface area contributed by atoms with Crippen molar-refractivity contribution in [2.24, 2.45) is 0 Å². The van der Waals surface area contributed by atoms with E-state index in [9.17, 15) is 9.59 Å². The highest BCUT2D eigenvalue weighted by atomic mass is 32.1. The summed E-state index contributed by atoms with van der Waals surface area (Å²) in [5.41, 5.74) is 0.789. The van der Waals surface area contributed by atoms with Gasteiger partial charge in [0.05, 0.1) is 16.7 Å². The SMILES string of the molecule is Cc1nc([C@H](C)N(C)C(=O)Nc2ccc[nH]c2=O)c(C)s1. The zero-order valence-electron chi connectivity index (χ0n) is 12.4. The van der Waals surface area contributed by atoms with Gasteiger partial charge < -0.3 is 15.2 Å². The van der Waals surface area contributed by atoms with Crippen LogP contribution in [0.3, 0.4) is 0 Å². The Kier molecular flexibility index (Phi) is 4.42. The van der Waals surface area contributed by atoms with Crippen molar-refractivity contribution >= 4 is 23.1 Å². The van der Waals surface area contributed by atoms with Crippen molar-refractivity contribution in [3.8, 4) is 0 Å². The Bertz CT molecular complexity index is 707. The lowest BCUT2D eigenvalue weighted by molar-refractivity contribution is 0.207. The van der Waals surface area contributed by atoms with E-state index in [0.29, 0.717) is 0 Å². The lowest BCUT2D eigenvalue weighted by Crippen LogP contribution is -2.35. The number of aryl methyl sites for hydroxylation is 2. The van der Waals surface area contributed by atoms with Gasteiger partial charge in [-0.15, -0.1) is 11.3 Å². The lowest BCUT2D eigenvalue weighted by Gasteiger charge is -2.24. The van der Waals surface area contributed by atoms with Gasteiger partial charge in [-0.3, -0.25) is 4.79 Å². The number of carbonyl (C=O) groups is 1. The Morgan fingerprint density at radius 3 is 2.76 bits per heavy atom. The minimum absolute atomic E-state index is 0.169. The number of pyridine rings is 1. The van der Waals surface area contributed by atoms with E-state index in [1.807, 2.05) is 20.8 Å². The van der Waals surface area contributed by atoms with Crippen molar-refractivity contribution in [2.45, 2.75) is 26.8 Å². The van der Waals surface area contributed by atoms with Gasteiger partial charge in [0.15, 0.2) is 0 Å². The van der Waals surface area contributed by atoms with E-state index in [1.54, 1.807) is 30.5 Å². The molecule has 0 saturated heterocycles. The lowest BCUT2D eigenvalue weighted by atomic mass is 10.2. The highest BCUT2D eigenvalue weighted by molar-refractivity contribution is 7.11. The summed E-state index contributed by atoms with van der Waals surface area (Å²) < 4.78 is 0. The summed E-state index contributed by atoms with van der Waals surface area (Å²) in [5.74, 6) is 0. The summed E-state index contributed by atoms with van der Waals surface area (Å²) in [5, 5.41) is 3.58. The van der Waals surface area contributed by atoms with E-state index in [0.717, 1.165) is 15.6 Å². The maximum atomic E-state index is 12.2. The van der Waals surface area contributed by atoms with Gasteiger partial charge in [-0.05, 0) is 32.9 Å². The third-order valence-electron chi connectivity index (χ3n) is 3.30. The molecule has 0 radical (unpaired) electrons. The third kappa shape index (κ3) is 3.30. The van der Waals surface area contributed by atoms with Crippen LogP contribution in [0.15, 0.2) is 23.1 Å². The number of nitrogens with zero attached hydrogens (tertiary/aromatic N) is 2. The third-order valence-corrected chi connectivity index (χ3v) is 4.20. The molecular weight excluding hydrogens is 288 g/mol. The molecule has 2 amide bonds. The summed E-state index contributed by atoms with van der Waals surface area (Å²) in [6, 6.07) is 2.71. The fourth-order valence-corrected chi connectivity index (χ4v) is 2.92. The first kappa shape index (κ1) is 15.2. The molecule has 21 heavy (non-hydrogen) atoms. The maximum absolute atomic E-state index is 12.2. The molecule has 2 rings (SSSR count). The number of rotatable bonds is 3. The fourth-order valence-electron chi connectivity index (χ4n) is 2.02. The molecular formula is C14H18N4O2S. The largest absolute Gasteiger partial charge is 0.327 e. The van der Waals surface area contributed by atoms with Crippen LogP contribution in [0.2, 0.25) is 0 Å². The van der Waals surface area contributed by atoms with Crippen molar-refractivity contribution in [1.82, 2.24) is 14.9 Å². The standard InChI is InChI=1S/C14H18N4O2S/c1-8(12-9(2)21-10(3)16-12)18(4)14(20)17-11-6-5-7-15-13(11)19/h5-8H,1-4H3,(H,15,19)(H,17,20)/t8-/m0/s1. The van der Waals surface area contributed by atoms with Crippen molar-refractivity contribution in [2.75, 3.05) is 12.4 Å². The zero-order valence-corrected chi connectivity index (χ0v) is 13.2. The smallest absolute Gasteiger partial charge is 0.322 e. The topological polar surface area (TPSA) is 78.1 Å². The van der Waals surface area contributed by atoms with Crippen LogP contribution >= 0.6 is 11.3 Å². The molecule has 2 aromatic rings. The van der Waals surface area contributed by atoms with Gasteiger partial charge in [-0.1, -0.05) is 0 Å². The van der Waals surface area contributed by atoms with Crippen molar-refractivity contribution in [1.29, 1.82) is 0 Å². The molecule has 2 aromatic heterocycles. The first-order valence-electron chi connectivity index (χ1n) is 6.55. The normalized spacial score (nSPS) is 12.0. The Morgan fingerprint density at radius 1 is 1.48 bits per heavy atom. The fraction of sp³-hybridized carbons (Fsp3) is 0.357. The molecule has 0 aliphatic rings. The predicted molar refractivity (Wildman–Crippen MR) is 83.8 cm³/mol. The summed E-state index contributed by atoms with van der Waals surface area (Å²) in [6.07, 6.45) is 1.52. The molecule has 6 nitrogen and oxygen atoms in total. The molecule has 0 aromatic carbocycles. The monoisotopic (exact) mass is 306 g/mol. The Hall–Kier alpha value is -2.15. The number of aromatic amines is 1. The Morgan fingerprint density at radius 2 is 2.19 bits per heavy atom.